The first-order chi connectivity index (χ1) is 13.6. The summed E-state index contributed by atoms with van der Waals surface area (Å²) in [5, 5.41) is 2.82. The number of carbonyl (C=O) groups is 2. The van der Waals surface area contributed by atoms with Gasteiger partial charge >= 0.3 is 0 Å². The second kappa shape index (κ2) is 9.08. The number of aryl methyl sites for hydroxylation is 1. The molecule has 0 aliphatic heterocycles. The molecule has 6 heteroatoms. The standard InChI is InChI=1S/C22H25N3O3/c1-3-25-12-11-18(16-25)15-24(2)22(27)19(14-17-8-5-4-6-9-17)23-21(26)20-10-7-13-28-20/h4-13,16,19H,3,14-15H2,1-2H3,(H,23,26). The second-order valence-electron chi connectivity index (χ2n) is 6.74. The summed E-state index contributed by atoms with van der Waals surface area (Å²) in [7, 11) is 1.75. The Morgan fingerprint density at radius 3 is 2.54 bits per heavy atom. The molecule has 6 nitrogen and oxygen atoms in total. The predicted molar refractivity (Wildman–Crippen MR) is 107 cm³/mol. The van der Waals surface area contributed by atoms with Crippen molar-refractivity contribution in [3.8, 4) is 0 Å². The predicted octanol–water partition coefficient (Wildman–Crippen LogP) is 3.10. The van der Waals surface area contributed by atoms with Gasteiger partial charge in [0.05, 0.1) is 6.26 Å². The van der Waals surface area contributed by atoms with Gasteiger partial charge in [0.15, 0.2) is 5.76 Å². The van der Waals surface area contributed by atoms with Gasteiger partial charge in [-0.25, -0.2) is 0 Å². The molecule has 0 radical (unpaired) electrons. The third-order valence-corrected chi connectivity index (χ3v) is 4.60. The number of nitrogens with zero attached hydrogens (tertiary/aromatic N) is 2. The number of hydrogen-bond donors (Lipinski definition) is 1. The molecule has 1 N–H and O–H groups in total. The van der Waals surface area contributed by atoms with Crippen LogP contribution in [0.4, 0.5) is 0 Å². The zero-order chi connectivity index (χ0) is 19.9. The highest BCUT2D eigenvalue weighted by Gasteiger charge is 2.26. The fourth-order valence-electron chi connectivity index (χ4n) is 3.09. The fraction of sp³-hybridized carbons (Fsp3) is 0.273. The summed E-state index contributed by atoms with van der Waals surface area (Å²) in [6, 6.07) is 14.2. The maximum atomic E-state index is 13.1. The van der Waals surface area contributed by atoms with E-state index in [1.807, 2.05) is 48.8 Å². The smallest absolute Gasteiger partial charge is 0.287 e. The molecule has 28 heavy (non-hydrogen) atoms. The van der Waals surface area contributed by atoms with Crippen molar-refractivity contribution in [3.05, 3.63) is 84.1 Å². The van der Waals surface area contributed by atoms with Gasteiger partial charge in [0, 0.05) is 39.0 Å². The molecule has 2 heterocycles. The van der Waals surface area contributed by atoms with Crippen molar-refractivity contribution in [1.29, 1.82) is 0 Å². The lowest BCUT2D eigenvalue weighted by molar-refractivity contribution is -0.132. The van der Waals surface area contributed by atoms with E-state index >= 15 is 0 Å². The third-order valence-electron chi connectivity index (χ3n) is 4.60. The number of hydrogen-bond acceptors (Lipinski definition) is 3. The summed E-state index contributed by atoms with van der Waals surface area (Å²) in [6.07, 6.45) is 5.87. The van der Waals surface area contributed by atoms with Gasteiger partial charge in [-0.1, -0.05) is 30.3 Å². The zero-order valence-corrected chi connectivity index (χ0v) is 16.2. The second-order valence-corrected chi connectivity index (χ2v) is 6.74. The average Bonchev–Trinajstić information content (AvgIpc) is 3.39. The molecular formula is C22H25N3O3. The van der Waals surface area contributed by atoms with Crippen molar-refractivity contribution in [2.45, 2.75) is 32.5 Å². The van der Waals surface area contributed by atoms with Crippen molar-refractivity contribution < 1.29 is 14.0 Å². The molecule has 0 bridgehead atoms. The van der Waals surface area contributed by atoms with E-state index < -0.39 is 11.9 Å². The zero-order valence-electron chi connectivity index (χ0n) is 16.2. The first-order valence-corrected chi connectivity index (χ1v) is 9.34. The van der Waals surface area contributed by atoms with E-state index in [4.69, 9.17) is 4.42 Å². The van der Waals surface area contributed by atoms with Crippen LogP contribution >= 0.6 is 0 Å². The Bertz CT molecular complexity index is 900. The van der Waals surface area contributed by atoms with Crippen LogP contribution in [0.2, 0.25) is 0 Å². The van der Waals surface area contributed by atoms with Gasteiger partial charge < -0.3 is 19.2 Å². The minimum Gasteiger partial charge on any atom is -0.459 e. The van der Waals surface area contributed by atoms with Crippen LogP contribution < -0.4 is 5.32 Å². The molecule has 3 aromatic rings. The number of benzene rings is 1. The molecule has 0 fully saturated rings. The van der Waals surface area contributed by atoms with E-state index in [1.165, 1.54) is 6.26 Å². The number of carbonyl (C=O) groups excluding carboxylic acids is 2. The normalized spacial score (nSPS) is 11.8. The minimum atomic E-state index is -0.682. The van der Waals surface area contributed by atoms with Crippen LogP contribution in [-0.4, -0.2) is 34.4 Å². The van der Waals surface area contributed by atoms with Gasteiger partial charge in [0.1, 0.15) is 6.04 Å². The molecular weight excluding hydrogens is 354 g/mol. The Morgan fingerprint density at radius 1 is 1.11 bits per heavy atom. The summed E-state index contributed by atoms with van der Waals surface area (Å²) in [5.74, 6) is -0.355. The monoisotopic (exact) mass is 379 g/mol. The molecule has 0 saturated heterocycles. The minimum absolute atomic E-state index is 0.145. The maximum Gasteiger partial charge on any atom is 0.287 e. The van der Waals surface area contributed by atoms with Crippen LogP contribution in [0.3, 0.4) is 0 Å². The first-order valence-electron chi connectivity index (χ1n) is 9.34. The number of nitrogens with one attached hydrogen (secondary N) is 1. The van der Waals surface area contributed by atoms with Crippen LogP contribution in [0, 0.1) is 0 Å². The summed E-state index contributed by atoms with van der Waals surface area (Å²) < 4.78 is 7.22. The molecule has 1 aromatic carbocycles. The van der Waals surface area contributed by atoms with E-state index in [-0.39, 0.29) is 11.7 Å². The van der Waals surface area contributed by atoms with Crippen molar-refractivity contribution >= 4 is 11.8 Å². The topological polar surface area (TPSA) is 67.5 Å². The van der Waals surface area contributed by atoms with Gasteiger partial charge in [-0.2, -0.15) is 0 Å². The van der Waals surface area contributed by atoms with E-state index in [2.05, 4.69) is 16.8 Å². The van der Waals surface area contributed by atoms with E-state index in [0.29, 0.717) is 13.0 Å². The van der Waals surface area contributed by atoms with Gasteiger partial charge in [-0.3, -0.25) is 9.59 Å². The number of likely N-dealkylation sites (N-methyl/N-ethyl adjacent to an activating group) is 1. The highest BCUT2D eigenvalue weighted by molar-refractivity contribution is 5.95. The van der Waals surface area contributed by atoms with Crippen LogP contribution in [-0.2, 0) is 24.3 Å². The van der Waals surface area contributed by atoms with Gasteiger partial charge in [0.25, 0.3) is 5.91 Å². The van der Waals surface area contributed by atoms with Crippen molar-refractivity contribution in [2.24, 2.45) is 0 Å². The molecule has 2 aromatic heterocycles. The van der Waals surface area contributed by atoms with Crippen LogP contribution in [0.1, 0.15) is 28.6 Å². The van der Waals surface area contributed by atoms with Crippen LogP contribution in [0.15, 0.2) is 71.6 Å². The molecule has 0 saturated carbocycles. The molecule has 1 unspecified atom stereocenters. The Hall–Kier alpha value is -3.28. The number of rotatable bonds is 8. The van der Waals surface area contributed by atoms with Crippen LogP contribution in [0.25, 0.3) is 0 Å². The lowest BCUT2D eigenvalue weighted by Crippen LogP contribution is -2.48. The molecule has 0 aliphatic rings. The summed E-state index contributed by atoms with van der Waals surface area (Å²) in [6.45, 7) is 3.43. The van der Waals surface area contributed by atoms with Crippen molar-refractivity contribution in [3.63, 3.8) is 0 Å². The quantitative estimate of drug-likeness (QED) is 0.654. The largest absolute Gasteiger partial charge is 0.459 e. The molecule has 3 rings (SSSR count). The lowest BCUT2D eigenvalue weighted by atomic mass is 10.0. The fourth-order valence-corrected chi connectivity index (χ4v) is 3.09. The van der Waals surface area contributed by atoms with Crippen molar-refractivity contribution in [1.82, 2.24) is 14.8 Å². The molecule has 0 spiro atoms. The number of aromatic nitrogens is 1. The number of amides is 2. The Morgan fingerprint density at radius 2 is 1.89 bits per heavy atom. The third kappa shape index (κ3) is 4.91. The van der Waals surface area contributed by atoms with Gasteiger partial charge in [-0.15, -0.1) is 0 Å². The van der Waals surface area contributed by atoms with Gasteiger partial charge in [-0.05, 0) is 36.2 Å². The maximum absolute atomic E-state index is 13.1. The molecule has 0 aliphatic carbocycles. The van der Waals surface area contributed by atoms with Crippen molar-refractivity contribution in [2.75, 3.05) is 7.05 Å². The SMILES string of the molecule is CCn1ccc(CN(C)C(=O)C(Cc2ccccc2)NC(=O)c2ccco2)c1. The molecule has 2 amide bonds. The highest BCUT2D eigenvalue weighted by Crippen LogP contribution is 2.11. The summed E-state index contributed by atoms with van der Waals surface area (Å²) in [5.41, 5.74) is 2.03. The van der Waals surface area contributed by atoms with Gasteiger partial charge in [0.2, 0.25) is 5.91 Å². The first kappa shape index (κ1) is 19.5. The van der Waals surface area contributed by atoms with E-state index in [9.17, 15) is 9.59 Å². The molecule has 146 valence electrons. The Labute approximate surface area is 164 Å². The lowest BCUT2D eigenvalue weighted by Gasteiger charge is -2.24. The summed E-state index contributed by atoms with van der Waals surface area (Å²) in [4.78, 5) is 27.2. The molecule has 1 atom stereocenters. The average molecular weight is 379 g/mol. The summed E-state index contributed by atoms with van der Waals surface area (Å²) >= 11 is 0. The Balaban J connectivity index is 1.73. The number of furan rings is 1. The Kier molecular flexibility index (Phi) is 6.32. The van der Waals surface area contributed by atoms with E-state index in [0.717, 1.165) is 17.7 Å². The van der Waals surface area contributed by atoms with Crippen LogP contribution in [0.5, 0.6) is 0 Å². The highest BCUT2D eigenvalue weighted by atomic mass is 16.3. The van der Waals surface area contributed by atoms with E-state index in [1.54, 1.807) is 24.1 Å².